The van der Waals surface area contributed by atoms with Gasteiger partial charge in [-0.15, -0.1) is 0 Å². The third kappa shape index (κ3) is 6.25. The Morgan fingerprint density at radius 1 is 0.946 bits per heavy atom. The van der Waals surface area contributed by atoms with Gasteiger partial charge in [-0.25, -0.2) is 0 Å². The number of likely N-dealkylation sites (tertiary alicyclic amines) is 1. The lowest BCUT2D eigenvalue weighted by atomic mass is 9.95. The second-order valence-corrected chi connectivity index (χ2v) is 8.67. The number of aliphatic hydroxyl groups is 1. The van der Waals surface area contributed by atoms with Crippen LogP contribution in [-0.4, -0.2) is 73.1 Å². The average molecular weight is 511 g/mol. The van der Waals surface area contributed by atoms with Gasteiger partial charge in [0.15, 0.2) is 11.5 Å². The molecule has 1 heterocycles. The van der Waals surface area contributed by atoms with E-state index >= 15 is 0 Å². The fraction of sp³-hybridized carbons (Fsp3) is 0.448. The molecule has 200 valence electrons. The first-order valence-corrected chi connectivity index (χ1v) is 12.9. The zero-order valence-corrected chi connectivity index (χ0v) is 22.5. The summed E-state index contributed by atoms with van der Waals surface area (Å²) in [4.78, 5) is 30.4. The molecule has 0 bridgehead atoms. The van der Waals surface area contributed by atoms with Gasteiger partial charge in [-0.2, -0.15) is 0 Å². The standard InChI is InChI=1S/C29H38N2O6/c1-6-30(7-2)17-10-18-31-26(21-13-16-23(37-9-4)24(19-21)35-5)25(28(33)29(31)34)27(32)20-11-14-22(15-12-20)36-8-3/h11-16,19,26,32H,6-10,17-18H2,1-5H3/b27-25+/t26-/m0/s1. The van der Waals surface area contributed by atoms with Gasteiger partial charge in [0.05, 0.1) is 31.9 Å². The molecule has 1 amide bonds. The highest BCUT2D eigenvalue weighted by atomic mass is 16.5. The van der Waals surface area contributed by atoms with Gasteiger partial charge in [0.25, 0.3) is 11.7 Å². The molecular weight excluding hydrogens is 472 g/mol. The lowest BCUT2D eigenvalue weighted by Crippen LogP contribution is -2.33. The second-order valence-electron chi connectivity index (χ2n) is 8.67. The molecule has 8 heteroatoms. The van der Waals surface area contributed by atoms with Crippen molar-refractivity contribution in [1.29, 1.82) is 0 Å². The van der Waals surface area contributed by atoms with Crippen LogP contribution in [0, 0.1) is 0 Å². The molecule has 8 nitrogen and oxygen atoms in total. The number of rotatable bonds is 13. The summed E-state index contributed by atoms with van der Waals surface area (Å²) in [5.74, 6) is 0.180. The van der Waals surface area contributed by atoms with Crippen LogP contribution < -0.4 is 14.2 Å². The van der Waals surface area contributed by atoms with Gasteiger partial charge in [0.1, 0.15) is 11.5 Å². The number of amides is 1. The van der Waals surface area contributed by atoms with Gasteiger partial charge in [-0.1, -0.05) is 19.9 Å². The molecule has 1 fully saturated rings. The lowest BCUT2D eigenvalue weighted by Gasteiger charge is -2.27. The predicted octanol–water partition coefficient (Wildman–Crippen LogP) is 4.65. The van der Waals surface area contributed by atoms with E-state index in [1.54, 1.807) is 48.4 Å². The largest absolute Gasteiger partial charge is 0.507 e. The van der Waals surface area contributed by atoms with Gasteiger partial charge in [0.2, 0.25) is 0 Å². The number of aliphatic hydroxyl groups excluding tert-OH is 1. The molecule has 2 aromatic rings. The molecule has 0 saturated carbocycles. The average Bonchev–Trinajstić information content (AvgIpc) is 3.16. The first-order valence-electron chi connectivity index (χ1n) is 12.9. The fourth-order valence-corrected chi connectivity index (χ4v) is 4.62. The van der Waals surface area contributed by atoms with Crippen LogP contribution in [0.5, 0.6) is 17.2 Å². The van der Waals surface area contributed by atoms with Crippen LogP contribution >= 0.6 is 0 Å². The van der Waals surface area contributed by atoms with Gasteiger partial charge >= 0.3 is 0 Å². The number of benzene rings is 2. The summed E-state index contributed by atoms with van der Waals surface area (Å²) in [5, 5.41) is 11.3. The maximum absolute atomic E-state index is 13.3. The molecule has 1 saturated heterocycles. The molecule has 37 heavy (non-hydrogen) atoms. The molecule has 0 spiro atoms. The Morgan fingerprint density at radius 3 is 2.22 bits per heavy atom. The summed E-state index contributed by atoms with van der Waals surface area (Å²) in [6.45, 7) is 11.9. The van der Waals surface area contributed by atoms with Crippen molar-refractivity contribution in [3.63, 3.8) is 0 Å². The molecule has 0 aliphatic carbocycles. The highest BCUT2D eigenvalue weighted by molar-refractivity contribution is 6.46. The van der Waals surface area contributed by atoms with E-state index in [-0.39, 0.29) is 11.3 Å². The van der Waals surface area contributed by atoms with Crippen LogP contribution in [0.3, 0.4) is 0 Å². The zero-order chi connectivity index (χ0) is 26.9. The number of methoxy groups -OCH3 is 1. The van der Waals surface area contributed by atoms with E-state index in [9.17, 15) is 14.7 Å². The SMILES string of the molecule is CCOc1ccc(/C(O)=C2\C(=O)C(=O)N(CCCN(CC)CC)[C@H]2c2ccc(OCC)c(OC)c2)cc1. The Labute approximate surface area is 219 Å². The Kier molecular flexibility index (Phi) is 9.97. The second kappa shape index (κ2) is 13.1. The van der Waals surface area contributed by atoms with Crippen molar-refractivity contribution in [2.24, 2.45) is 0 Å². The van der Waals surface area contributed by atoms with Crippen molar-refractivity contribution in [3.05, 3.63) is 59.2 Å². The first-order chi connectivity index (χ1) is 17.9. The molecule has 0 unspecified atom stereocenters. The topological polar surface area (TPSA) is 88.5 Å². The minimum absolute atomic E-state index is 0.0585. The van der Waals surface area contributed by atoms with Gasteiger partial charge in [-0.05, 0) is 81.9 Å². The maximum atomic E-state index is 13.3. The third-order valence-corrected chi connectivity index (χ3v) is 6.55. The van der Waals surface area contributed by atoms with Crippen LogP contribution in [0.2, 0.25) is 0 Å². The molecule has 1 aliphatic rings. The number of ketones is 1. The smallest absolute Gasteiger partial charge is 0.295 e. The summed E-state index contributed by atoms with van der Waals surface area (Å²) in [5.41, 5.74) is 1.16. The van der Waals surface area contributed by atoms with Crippen LogP contribution in [0.4, 0.5) is 0 Å². The number of carbonyl (C=O) groups excluding carboxylic acids is 2. The predicted molar refractivity (Wildman–Crippen MR) is 143 cm³/mol. The van der Waals surface area contributed by atoms with Crippen LogP contribution in [0.25, 0.3) is 5.76 Å². The summed E-state index contributed by atoms with van der Waals surface area (Å²) in [6, 6.07) is 11.4. The Hall–Kier alpha value is -3.52. The van der Waals surface area contributed by atoms with Crippen molar-refractivity contribution in [2.45, 2.75) is 40.2 Å². The molecule has 1 aliphatic heterocycles. The Balaban J connectivity index is 2.07. The van der Waals surface area contributed by atoms with E-state index in [0.717, 1.165) is 19.6 Å². The zero-order valence-electron chi connectivity index (χ0n) is 22.5. The molecular formula is C29H38N2O6. The Bertz CT molecular complexity index is 1110. The fourth-order valence-electron chi connectivity index (χ4n) is 4.62. The summed E-state index contributed by atoms with van der Waals surface area (Å²) >= 11 is 0. The van der Waals surface area contributed by atoms with Gasteiger partial charge in [-0.3, -0.25) is 9.59 Å². The number of Topliss-reactive ketones (excluding diaryl/α,β-unsaturated/α-hetero) is 1. The van der Waals surface area contributed by atoms with Gasteiger partial charge in [0, 0.05) is 12.1 Å². The third-order valence-electron chi connectivity index (χ3n) is 6.55. The molecule has 3 rings (SSSR count). The molecule has 0 aromatic heterocycles. The quantitative estimate of drug-likeness (QED) is 0.238. The van der Waals surface area contributed by atoms with E-state index in [1.165, 1.54) is 0 Å². The van der Waals surface area contributed by atoms with E-state index in [4.69, 9.17) is 14.2 Å². The molecule has 1 N–H and O–H groups in total. The van der Waals surface area contributed by atoms with E-state index in [2.05, 4.69) is 18.7 Å². The Morgan fingerprint density at radius 2 is 1.62 bits per heavy atom. The highest BCUT2D eigenvalue weighted by Crippen LogP contribution is 2.42. The number of hydrogen-bond acceptors (Lipinski definition) is 7. The van der Waals surface area contributed by atoms with E-state index in [0.29, 0.717) is 54.6 Å². The van der Waals surface area contributed by atoms with Crippen LogP contribution in [0.1, 0.15) is 51.3 Å². The minimum Gasteiger partial charge on any atom is -0.507 e. The molecule has 0 radical (unpaired) electrons. The number of carbonyl (C=O) groups is 2. The van der Waals surface area contributed by atoms with Crippen molar-refractivity contribution in [3.8, 4) is 17.2 Å². The lowest BCUT2D eigenvalue weighted by molar-refractivity contribution is -0.140. The molecule has 1 atom stereocenters. The van der Waals surface area contributed by atoms with Crippen molar-refractivity contribution in [2.75, 3.05) is 46.5 Å². The normalized spacial score (nSPS) is 16.9. The molecule has 2 aromatic carbocycles. The van der Waals surface area contributed by atoms with Crippen LogP contribution in [-0.2, 0) is 9.59 Å². The van der Waals surface area contributed by atoms with Crippen molar-refractivity contribution < 1.29 is 28.9 Å². The van der Waals surface area contributed by atoms with E-state index in [1.807, 2.05) is 19.9 Å². The monoisotopic (exact) mass is 510 g/mol. The van der Waals surface area contributed by atoms with E-state index < -0.39 is 17.7 Å². The van der Waals surface area contributed by atoms with Crippen LogP contribution in [0.15, 0.2) is 48.0 Å². The number of hydrogen-bond donors (Lipinski definition) is 1. The van der Waals surface area contributed by atoms with Crippen molar-refractivity contribution in [1.82, 2.24) is 9.80 Å². The maximum Gasteiger partial charge on any atom is 0.295 e. The minimum atomic E-state index is -0.757. The highest BCUT2D eigenvalue weighted by Gasteiger charge is 2.46. The summed E-state index contributed by atoms with van der Waals surface area (Å²) < 4.78 is 16.7. The first kappa shape index (κ1) is 28.1. The number of ether oxygens (including phenoxy) is 3. The summed E-state index contributed by atoms with van der Waals surface area (Å²) in [7, 11) is 1.54. The van der Waals surface area contributed by atoms with Crippen molar-refractivity contribution >= 4 is 17.4 Å². The number of nitrogens with zero attached hydrogens (tertiary/aromatic N) is 2. The van der Waals surface area contributed by atoms with Gasteiger partial charge < -0.3 is 29.1 Å². The summed E-state index contributed by atoms with van der Waals surface area (Å²) in [6.07, 6.45) is 0.697.